The van der Waals surface area contributed by atoms with Crippen molar-refractivity contribution < 1.29 is 19.1 Å². The fourth-order valence-electron chi connectivity index (χ4n) is 6.10. The van der Waals surface area contributed by atoms with Gasteiger partial charge in [-0.05, 0) is 82.7 Å². The highest BCUT2D eigenvalue weighted by Crippen LogP contribution is 2.60. The number of ether oxygens (including phenoxy) is 2. The van der Waals surface area contributed by atoms with Gasteiger partial charge in [0.1, 0.15) is 11.2 Å². The second kappa shape index (κ2) is 9.57. The van der Waals surface area contributed by atoms with E-state index in [0.29, 0.717) is 44.2 Å². The van der Waals surface area contributed by atoms with Crippen molar-refractivity contribution >= 4 is 11.9 Å². The molecule has 0 spiro atoms. The number of carbonyl (C=O) groups is 2. The van der Waals surface area contributed by atoms with Crippen LogP contribution in [0.1, 0.15) is 89.9 Å². The largest absolute Gasteiger partial charge is 0.459 e. The first kappa shape index (κ1) is 21.6. The van der Waals surface area contributed by atoms with Gasteiger partial charge in [0.15, 0.2) is 0 Å². The second-order valence-electron chi connectivity index (χ2n) is 9.47. The van der Waals surface area contributed by atoms with Gasteiger partial charge in [-0.15, -0.1) is 0 Å². The summed E-state index contributed by atoms with van der Waals surface area (Å²) in [6, 6.07) is 0. The van der Waals surface area contributed by atoms with Gasteiger partial charge in [-0.3, -0.25) is 9.59 Å². The van der Waals surface area contributed by atoms with Gasteiger partial charge in [-0.1, -0.05) is 12.8 Å². The highest BCUT2D eigenvalue weighted by atomic mass is 16.6. The van der Waals surface area contributed by atoms with E-state index in [1.54, 1.807) is 0 Å². The Balaban J connectivity index is 1.55. The van der Waals surface area contributed by atoms with E-state index in [2.05, 4.69) is 0 Å². The third kappa shape index (κ3) is 5.47. The van der Waals surface area contributed by atoms with E-state index >= 15 is 0 Å². The number of carbonyl (C=O) groups excluding carboxylic acids is 2. The van der Waals surface area contributed by atoms with Crippen LogP contribution in [0, 0.1) is 11.8 Å². The van der Waals surface area contributed by atoms with Gasteiger partial charge in [-0.2, -0.15) is 0 Å². The molecule has 0 saturated heterocycles. The Morgan fingerprint density at radius 1 is 0.714 bits per heavy atom. The quantitative estimate of drug-likeness (QED) is 0.389. The summed E-state index contributed by atoms with van der Waals surface area (Å²) in [5, 5.41) is 0. The summed E-state index contributed by atoms with van der Waals surface area (Å²) in [7, 11) is 0. The highest BCUT2D eigenvalue weighted by Gasteiger charge is 2.61. The average Bonchev–Trinajstić information content (AvgIpc) is 2.60. The van der Waals surface area contributed by atoms with Crippen LogP contribution in [0.25, 0.3) is 0 Å². The lowest BCUT2D eigenvalue weighted by molar-refractivity contribution is -0.231. The maximum Gasteiger partial charge on any atom is 0.306 e. The van der Waals surface area contributed by atoms with Crippen LogP contribution in [0.2, 0.25) is 0 Å². The standard InChI is InChI=1S/C22H38N2O4/c23-9-5-1-3-7-19(25)27-21-12-17-11-18(13-21)15-22(14-17,16-21)28-20(26)8-4-2-6-10-24/h17-18H,1-16,23-24H2. The molecule has 6 nitrogen and oxygen atoms in total. The normalized spacial score (nSPS) is 33.1. The molecule has 0 atom stereocenters. The number of hydrogen-bond donors (Lipinski definition) is 2. The van der Waals surface area contributed by atoms with E-state index in [1.165, 1.54) is 6.42 Å². The van der Waals surface area contributed by atoms with E-state index in [4.69, 9.17) is 20.9 Å². The Hall–Kier alpha value is -1.14. The van der Waals surface area contributed by atoms with Gasteiger partial charge in [0.05, 0.1) is 0 Å². The molecule has 0 radical (unpaired) electrons. The van der Waals surface area contributed by atoms with E-state index in [9.17, 15) is 9.59 Å². The van der Waals surface area contributed by atoms with Gasteiger partial charge in [0.25, 0.3) is 0 Å². The van der Waals surface area contributed by atoms with Gasteiger partial charge >= 0.3 is 11.9 Å². The maximum absolute atomic E-state index is 12.4. The van der Waals surface area contributed by atoms with Crippen LogP contribution in [-0.2, 0) is 19.1 Å². The predicted molar refractivity (Wildman–Crippen MR) is 107 cm³/mol. The fourth-order valence-corrected chi connectivity index (χ4v) is 6.10. The SMILES string of the molecule is NCCCCCC(=O)OC12CC3CC(C1)CC(OC(=O)CCCCCN)(C3)C2. The van der Waals surface area contributed by atoms with E-state index in [-0.39, 0.29) is 11.9 Å². The Kier molecular flexibility index (Phi) is 7.37. The van der Waals surface area contributed by atoms with Crippen LogP contribution >= 0.6 is 0 Å². The Morgan fingerprint density at radius 3 is 1.54 bits per heavy atom. The molecule has 28 heavy (non-hydrogen) atoms. The predicted octanol–water partition coefficient (Wildman–Crippen LogP) is 3.20. The van der Waals surface area contributed by atoms with Crippen LogP contribution < -0.4 is 11.5 Å². The van der Waals surface area contributed by atoms with E-state index in [0.717, 1.165) is 64.2 Å². The zero-order valence-electron chi connectivity index (χ0n) is 17.3. The highest BCUT2D eigenvalue weighted by molar-refractivity contribution is 5.71. The van der Waals surface area contributed by atoms with Crippen molar-refractivity contribution in [3.63, 3.8) is 0 Å². The topological polar surface area (TPSA) is 105 Å². The fraction of sp³-hybridized carbons (Fsp3) is 0.909. The zero-order chi connectivity index (χ0) is 20.0. The lowest BCUT2D eigenvalue weighted by Gasteiger charge is -2.60. The van der Waals surface area contributed by atoms with Crippen molar-refractivity contribution in [3.05, 3.63) is 0 Å². The maximum atomic E-state index is 12.4. The van der Waals surface area contributed by atoms with E-state index in [1.807, 2.05) is 0 Å². The molecule has 0 heterocycles. The molecule has 0 aromatic heterocycles. The third-order valence-corrected chi connectivity index (χ3v) is 6.78. The van der Waals surface area contributed by atoms with Gasteiger partial charge in [0.2, 0.25) is 0 Å². The first-order valence-corrected chi connectivity index (χ1v) is 11.3. The minimum Gasteiger partial charge on any atom is -0.459 e. The first-order chi connectivity index (χ1) is 13.5. The zero-order valence-corrected chi connectivity index (χ0v) is 17.3. The van der Waals surface area contributed by atoms with Gasteiger partial charge in [-0.25, -0.2) is 0 Å². The molecule has 4 N–H and O–H groups in total. The summed E-state index contributed by atoms with van der Waals surface area (Å²) in [4.78, 5) is 24.9. The van der Waals surface area contributed by atoms with Crippen molar-refractivity contribution in [1.82, 2.24) is 0 Å². The number of esters is 2. The lowest BCUT2D eigenvalue weighted by Crippen LogP contribution is -2.61. The summed E-state index contributed by atoms with van der Waals surface area (Å²) < 4.78 is 12.2. The second-order valence-corrected chi connectivity index (χ2v) is 9.47. The van der Waals surface area contributed by atoms with Crippen LogP contribution in [-0.4, -0.2) is 36.2 Å². The Labute approximate surface area is 169 Å². The van der Waals surface area contributed by atoms with Gasteiger partial charge in [0, 0.05) is 19.3 Å². The monoisotopic (exact) mass is 394 g/mol. The average molecular weight is 395 g/mol. The molecular formula is C22H38N2O4. The molecule has 4 fully saturated rings. The number of unbranched alkanes of at least 4 members (excludes halogenated alkanes) is 4. The summed E-state index contributed by atoms with van der Waals surface area (Å²) in [6.07, 6.45) is 12.1. The van der Waals surface area contributed by atoms with Crippen molar-refractivity contribution in [2.24, 2.45) is 23.3 Å². The van der Waals surface area contributed by atoms with Crippen LogP contribution in [0.4, 0.5) is 0 Å². The number of nitrogens with two attached hydrogens (primary N) is 2. The number of rotatable bonds is 12. The minimum atomic E-state index is -0.408. The molecule has 4 saturated carbocycles. The molecule has 0 aromatic rings. The molecule has 4 aliphatic carbocycles. The lowest BCUT2D eigenvalue weighted by atomic mass is 9.52. The molecule has 4 bridgehead atoms. The van der Waals surface area contributed by atoms with Crippen LogP contribution in [0.5, 0.6) is 0 Å². The van der Waals surface area contributed by atoms with Crippen molar-refractivity contribution in [1.29, 1.82) is 0 Å². The van der Waals surface area contributed by atoms with Crippen LogP contribution in [0.15, 0.2) is 0 Å². The van der Waals surface area contributed by atoms with Gasteiger partial charge < -0.3 is 20.9 Å². The molecule has 0 unspecified atom stereocenters. The smallest absolute Gasteiger partial charge is 0.306 e. The Morgan fingerprint density at radius 2 is 1.14 bits per heavy atom. The summed E-state index contributed by atoms with van der Waals surface area (Å²) in [6.45, 7) is 1.34. The minimum absolute atomic E-state index is 0.0952. The van der Waals surface area contributed by atoms with Crippen molar-refractivity contribution in [3.8, 4) is 0 Å². The van der Waals surface area contributed by atoms with Crippen LogP contribution in [0.3, 0.4) is 0 Å². The molecule has 4 rings (SSSR count). The molecule has 0 aliphatic heterocycles. The molecule has 4 aliphatic rings. The molecular weight excluding hydrogens is 356 g/mol. The van der Waals surface area contributed by atoms with E-state index < -0.39 is 11.2 Å². The molecule has 0 aromatic carbocycles. The first-order valence-electron chi connectivity index (χ1n) is 11.3. The molecule has 0 amide bonds. The van der Waals surface area contributed by atoms with Crippen molar-refractivity contribution in [2.75, 3.05) is 13.1 Å². The molecule has 6 heteroatoms. The number of hydrogen-bond acceptors (Lipinski definition) is 6. The summed E-state index contributed by atoms with van der Waals surface area (Å²) in [5.41, 5.74) is 10.2. The van der Waals surface area contributed by atoms with Crippen molar-refractivity contribution in [2.45, 2.75) is 101 Å². The summed E-state index contributed by atoms with van der Waals surface area (Å²) >= 11 is 0. The summed E-state index contributed by atoms with van der Waals surface area (Å²) in [5.74, 6) is 0.831. The molecule has 160 valence electrons. The third-order valence-electron chi connectivity index (χ3n) is 6.78. The Bertz CT molecular complexity index is 493.